The van der Waals surface area contributed by atoms with Gasteiger partial charge in [0, 0.05) is 0 Å². The zero-order valence-electron chi connectivity index (χ0n) is 8.56. The lowest BCUT2D eigenvalue weighted by Gasteiger charge is -2.03. The molecular formula is C10H13BrN2Si. The van der Waals surface area contributed by atoms with Crippen LogP contribution < -0.4 is 5.73 Å². The number of halogens is 1. The molecule has 0 aliphatic rings. The van der Waals surface area contributed by atoms with Gasteiger partial charge in [-0.05, 0) is 28.1 Å². The quantitative estimate of drug-likeness (QED) is 0.581. The summed E-state index contributed by atoms with van der Waals surface area (Å²) in [6.45, 7) is 6.58. The summed E-state index contributed by atoms with van der Waals surface area (Å²) in [5.41, 5.74) is 9.55. The number of aromatic nitrogens is 1. The largest absolute Gasteiger partial charge is 0.384 e. The van der Waals surface area contributed by atoms with Gasteiger partial charge < -0.3 is 5.73 Å². The molecule has 0 spiro atoms. The molecule has 0 unspecified atom stereocenters. The van der Waals surface area contributed by atoms with Gasteiger partial charge in [-0.15, -0.1) is 5.54 Å². The molecule has 2 nitrogen and oxygen atoms in total. The molecule has 14 heavy (non-hydrogen) atoms. The third kappa shape index (κ3) is 3.52. The average Bonchev–Trinajstić information content (AvgIpc) is 2.05. The number of nitrogens with two attached hydrogens (primary N) is 1. The summed E-state index contributed by atoms with van der Waals surface area (Å²) in [4.78, 5) is 4.16. The number of nitrogens with zero attached hydrogens (tertiary/aromatic N) is 1. The fourth-order valence-electron chi connectivity index (χ4n) is 0.792. The molecular weight excluding hydrogens is 256 g/mol. The zero-order valence-corrected chi connectivity index (χ0v) is 11.1. The van der Waals surface area contributed by atoms with Gasteiger partial charge in [0.25, 0.3) is 0 Å². The summed E-state index contributed by atoms with van der Waals surface area (Å²) < 4.78 is 0.900. The van der Waals surface area contributed by atoms with Crippen LogP contribution in [0.2, 0.25) is 19.6 Å². The van der Waals surface area contributed by atoms with Gasteiger partial charge >= 0.3 is 0 Å². The first-order valence-electron chi connectivity index (χ1n) is 4.34. The van der Waals surface area contributed by atoms with Crippen molar-refractivity contribution in [3.05, 3.63) is 22.3 Å². The predicted molar refractivity (Wildman–Crippen MR) is 66.6 cm³/mol. The number of rotatable bonds is 0. The van der Waals surface area contributed by atoms with E-state index in [-0.39, 0.29) is 0 Å². The van der Waals surface area contributed by atoms with Crippen molar-refractivity contribution in [2.45, 2.75) is 19.6 Å². The summed E-state index contributed by atoms with van der Waals surface area (Å²) in [5, 5.41) is 0. The third-order valence-corrected chi connectivity index (χ3v) is 2.94. The molecule has 0 aliphatic heterocycles. The van der Waals surface area contributed by atoms with Gasteiger partial charge in [0.15, 0.2) is 0 Å². The number of hydrogen-bond donors (Lipinski definition) is 1. The van der Waals surface area contributed by atoms with Gasteiger partial charge in [-0.3, -0.25) is 0 Å². The van der Waals surface area contributed by atoms with Crippen molar-refractivity contribution in [2.75, 3.05) is 5.73 Å². The molecule has 1 aromatic rings. The Kier molecular flexibility index (Phi) is 3.35. The number of hydrogen-bond acceptors (Lipinski definition) is 2. The second-order valence-corrected chi connectivity index (χ2v) is 9.67. The minimum Gasteiger partial charge on any atom is -0.384 e. The van der Waals surface area contributed by atoms with Crippen LogP contribution in [0.1, 0.15) is 5.69 Å². The Balaban J connectivity index is 3.06. The molecule has 0 atom stereocenters. The molecule has 1 aromatic heterocycles. The summed E-state index contributed by atoms with van der Waals surface area (Å²) in [5.74, 6) is 3.57. The molecule has 74 valence electrons. The predicted octanol–water partition coefficient (Wildman–Crippen LogP) is 2.66. The Morgan fingerprint density at radius 2 is 2.00 bits per heavy atom. The van der Waals surface area contributed by atoms with Crippen LogP contribution in [0.4, 0.5) is 5.82 Å². The molecule has 0 amide bonds. The molecule has 0 saturated heterocycles. The van der Waals surface area contributed by atoms with Crippen molar-refractivity contribution in [3.8, 4) is 11.5 Å². The van der Waals surface area contributed by atoms with Gasteiger partial charge in [-0.1, -0.05) is 25.6 Å². The van der Waals surface area contributed by atoms with E-state index in [1.807, 2.05) is 6.07 Å². The SMILES string of the molecule is C[Si](C)(C)C#Cc1nc(N)ccc1Br. The summed E-state index contributed by atoms with van der Waals surface area (Å²) in [7, 11) is -1.34. The molecule has 0 radical (unpaired) electrons. The molecule has 0 bridgehead atoms. The Labute approximate surface area is 94.1 Å². The third-order valence-electron chi connectivity index (χ3n) is 1.42. The number of anilines is 1. The highest BCUT2D eigenvalue weighted by molar-refractivity contribution is 9.10. The van der Waals surface area contributed by atoms with Crippen molar-refractivity contribution in [2.24, 2.45) is 0 Å². The number of pyridine rings is 1. The summed E-state index contributed by atoms with van der Waals surface area (Å²) >= 11 is 3.39. The Morgan fingerprint density at radius 3 is 2.57 bits per heavy atom. The maximum absolute atomic E-state index is 5.58. The lowest BCUT2D eigenvalue weighted by atomic mass is 10.3. The monoisotopic (exact) mass is 268 g/mol. The van der Waals surface area contributed by atoms with Gasteiger partial charge in [0.2, 0.25) is 0 Å². The van der Waals surface area contributed by atoms with E-state index in [1.54, 1.807) is 6.07 Å². The van der Waals surface area contributed by atoms with Crippen molar-refractivity contribution >= 4 is 29.8 Å². The van der Waals surface area contributed by atoms with Crippen molar-refractivity contribution in [1.82, 2.24) is 4.98 Å². The summed E-state index contributed by atoms with van der Waals surface area (Å²) in [6.07, 6.45) is 0. The van der Waals surface area contributed by atoms with E-state index in [0.29, 0.717) is 5.82 Å². The molecule has 1 rings (SSSR count). The lowest BCUT2D eigenvalue weighted by Crippen LogP contribution is -2.16. The number of nitrogen functional groups attached to an aromatic ring is 1. The average molecular weight is 269 g/mol. The van der Waals surface area contributed by atoms with Crippen LogP contribution in [0.15, 0.2) is 16.6 Å². The molecule has 4 heteroatoms. The topological polar surface area (TPSA) is 38.9 Å². The smallest absolute Gasteiger partial charge is 0.129 e. The maximum Gasteiger partial charge on any atom is 0.129 e. The van der Waals surface area contributed by atoms with Crippen molar-refractivity contribution in [1.29, 1.82) is 0 Å². The van der Waals surface area contributed by atoms with Crippen LogP contribution in [0.5, 0.6) is 0 Å². The lowest BCUT2D eigenvalue weighted by molar-refractivity contribution is 1.28. The van der Waals surface area contributed by atoms with Gasteiger partial charge in [-0.2, -0.15) is 0 Å². The van der Waals surface area contributed by atoms with Gasteiger partial charge in [0.1, 0.15) is 19.6 Å². The standard InChI is InChI=1S/C10H13BrN2Si/c1-14(2,3)7-6-9-8(11)4-5-10(12)13-9/h4-5H,1-3H3,(H2,12,13). The fraction of sp³-hybridized carbons (Fsp3) is 0.300. The Bertz CT molecular complexity index is 399. The van der Waals surface area contributed by atoms with Crippen LogP contribution in [0.25, 0.3) is 0 Å². The fourth-order valence-corrected chi connectivity index (χ4v) is 1.60. The molecule has 0 aromatic carbocycles. The molecule has 2 N–H and O–H groups in total. The first kappa shape index (κ1) is 11.3. The molecule has 0 fully saturated rings. The van der Waals surface area contributed by atoms with E-state index in [4.69, 9.17) is 5.73 Å². The van der Waals surface area contributed by atoms with E-state index >= 15 is 0 Å². The Hall–Kier alpha value is -0.793. The van der Waals surface area contributed by atoms with E-state index in [0.717, 1.165) is 10.2 Å². The van der Waals surface area contributed by atoms with Crippen LogP contribution in [0, 0.1) is 11.5 Å². The van der Waals surface area contributed by atoms with Crippen LogP contribution in [-0.4, -0.2) is 13.1 Å². The normalized spacial score (nSPS) is 10.6. The minimum atomic E-state index is -1.34. The highest BCUT2D eigenvalue weighted by atomic mass is 79.9. The van der Waals surface area contributed by atoms with Gasteiger partial charge in [0.05, 0.1) is 4.47 Å². The van der Waals surface area contributed by atoms with Crippen molar-refractivity contribution in [3.63, 3.8) is 0 Å². The minimum absolute atomic E-state index is 0.507. The van der Waals surface area contributed by atoms with Crippen LogP contribution in [-0.2, 0) is 0 Å². The highest BCUT2D eigenvalue weighted by Crippen LogP contribution is 2.15. The van der Waals surface area contributed by atoms with E-state index < -0.39 is 8.07 Å². The highest BCUT2D eigenvalue weighted by Gasteiger charge is 2.08. The molecule has 1 heterocycles. The van der Waals surface area contributed by atoms with E-state index in [1.165, 1.54) is 0 Å². The van der Waals surface area contributed by atoms with E-state index in [9.17, 15) is 0 Å². The molecule has 0 aliphatic carbocycles. The summed E-state index contributed by atoms with van der Waals surface area (Å²) in [6, 6.07) is 3.63. The van der Waals surface area contributed by atoms with E-state index in [2.05, 4.69) is 52.0 Å². The van der Waals surface area contributed by atoms with Crippen molar-refractivity contribution < 1.29 is 0 Å². The second-order valence-electron chi connectivity index (χ2n) is 4.07. The van der Waals surface area contributed by atoms with Crippen LogP contribution in [0.3, 0.4) is 0 Å². The van der Waals surface area contributed by atoms with Crippen LogP contribution >= 0.6 is 15.9 Å². The first-order chi connectivity index (χ1) is 6.38. The maximum atomic E-state index is 5.58. The molecule has 0 saturated carbocycles. The second kappa shape index (κ2) is 4.16. The zero-order chi connectivity index (χ0) is 10.8. The first-order valence-corrected chi connectivity index (χ1v) is 8.63. The Morgan fingerprint density at radius 1 is 1.36 bits per heavy atom. The van der Waals surface area contributed by atoms with Gasteiger partial charge in [-0.25, -0.2) is 4.98 Å².